The molecule has 0 amide bonds. The van der Waals surface area contributed by atoms with Crippen LogP contribution in [0.2, 0.25) is 0 Å². The van der Waals surface area contributed by atoms with Crippen LogP contribution in [0.25, 0.3) is 0 Å². The second kappa shape index (κ2) is 9.25. The Morgan fingerprint density at radius 2 is 1.44 bits per heavy atom. The van der Waals surface area contributed by atoms with E-state index in [1.807, 2.05) is 42.5 Å². The van der Waals surface area contributed by atoms with Gasteiger partial charge in [0.25, 0.3) is 0 Å². The molecule has 0 saturated carbocycles. The van der Waals surface area contributed by atoms with Crippen LogP contribution in [0.3, 0.4) is 0 Å². The summed E-state index contributed by atoms with van der Waals surface area (Å²) in [6.45, 7) is 0.201. The van der Waals surface area contributed by atoms with Crippen LogP contribution in [0.5, 0.6) is 5.75 Å². The van der Waals surface area contributed by atoms with E-state index in [9.17, 15) is 0 Å². The maximum atomic E-state index is 9.14. The van der Waals surface area contributed by atoms with Gasteiger partial charge < -0.3 is 10.2 Å². The minimum Gasteiger partial charge on any atom is -0.508 e. The number of hydrogen-bond acceptors (Lipinski definition) is 2. The normalized spacial score (nSPS) is 12.1. The predicted molar refractivity (Wildman–Crippen MR) is 75.6 cm³/mol. The topological polar surface area (TPSA) is 40.5 Å². The zero-order valence-corrected chi connectivity index (χ0v) is 10.5. The number of benzene rings is 1. The molecule has 96 valence electrons. The van der Waals surface area contributed by atoms with Gasteiger partial charge in [0.1, 0.15) is 5.75 Å². The molecule has 0 radical (unpaired) electrons. The van der Waals surface area contributed by atoms with Crippen molar-refractivity contribution in [3.8, 4) is 5.75 Å². The molecule has 0 aromatic heterocycles. The van der Waals surface area contributed by atoms with Crippen LogP contribution in [0, 0.1) is 0 Å². The molecule has 18 heavy (non-hydrogen) atoms. The lowest BCUT2D eigenvalue weighted by molar-refractivity contribution is 0.302. The highest BCUT2D eigenvalue weighted by molar-refractivity contribution is 5.26. The summed E-state index contributed by atoms with van der Waals surface area (Å²) >= 11 is 0. The summed E-state index contributed by atoms with van der Waals surface area (Å²) in [6, 6.07) is 7.31. The minimum atomic E-state index is 0.201. The molecule has 0 unspecified atom stereocenters. The highest BCUT2D eigenvalue weighted by Gasteiger charge is 1.90. The van der Waals surface area contributed by atoms with Crippen molar-refractivity contribution in [2.45, 2.75) is 19.3 Å². The first-order valence-corrected chi connectivity index (χ1v) is 6.20. The molecule has 1 rings (SSSR count). The number of aliphatic hydroxyl groups excluding tert-OH is 1. The molecular formula is C16H20O2. The Balaban J connectivity index is 2.19. The van der Waals surface area contributed by atoms with Crippen LogP contribution >= 0.6 is 0 Å². The van der Waals surface area contributed by atoms with Crippen molar-refractivity contribution in [2.75, 3.05) is 6.61 Å². The molecular weight excluding hydrogens is 224 g/mol. The predicted octanol–water partition coefficient (Wildman–Crippen LogP) is 3.38. The third-order valence-electron chi connectivity index (χ3n) is 2.44. The SMILES string of the molecule is OCC/C=C/C=C/C=C/CCc1ccc(O)cc1. The molecule has 0 heterocycles. The van der Waals surface area contributed by atoms with Crippen molar-refractivity contribution >= 4 is 0 Å². The van der Waals surface area contributed by atoms with E-state index >= 15 is 0 Å². The monoisotopic (exact) mass is 244 g/mol. The molecule has 1 aromatic carbocycles. The average molecular weight is 244 g/mol. The lowest BCUT2D eigenvalue weighted by atomic mass is 10.1. The fraction of sp³-hybridized carbons (Fsp3) is 0.250. The van der Waals surface area contributed by atoms with Gasteiger partial charge in [-0.1, -0.05) is 48.6 Å². The Morgan fingerprint density at radius 1 is 0.833 bits per heavy atom. The maximum Gasteiger partial charge on any atom is 0.115 e. The van der Waals surface area contributed by atoms with Gasteiger partial charge in [0.2, 0.25) is 0 Å². The van der Waals surface area contributed by atoms with Crippen molar-refractivity contribution in [3.63, 3.8) is 0 Å². The van der Waals surface area contributed by atoms with Crippen LogP contribution < -0.4 is 0 Å². The van der Waals surface area contributed by atoms with Gasteiger partial charge in [-0.15, -0.1) is 0 Å². The Bertz CT molecular complexity index is 400. The summed E-state index contributed by atoms with van der Waals surface area (Å²) in [5.74, 6) is 0.312. The zero-order chi connectivity index (χ0) is 13.1. The second-order valence-corrected chi connectivity index (χ2v) is 3.96. The maximum absolute atomic E-state index is 9.14. The molecule has 2 N–H and O–H groups in total. The van der Waals surface area contributed by atoms with Crippen molar-refractivity contribution in [1.29, 1.82) is 0 Å². The van der Waals surface area contributed by atoms with Crippen molar-refractivity contribution in [3.05, 3.63) is 66.3 Å². The van der Waals surface area contributed by atoms with Gasteiger partial charge in [-0.3, -0.25) is 0 Å². The molecule has 2 heteroatoms. The summed E-state index contributed by atoms with van der Waals surface area (Å²) in [5, 5.41) is 17.7. The molecule has 0 bridgehead atoms. The van der Waals surface area contributed by atoms with Gasteiger partial charge >= 0.3 is 0 Å². The summed E-state index contributed by atoms with van der Waals surface area (Å²) in [7, 11) is 0. The van der Waals surface area contributed by atoms with Gasteiger partial charge in [-0.05, 0) is 37.0 Å². The summed E-state index contributed by atoms with van der Waals surface area (Å²) in [6.07, 6.45) is 14.6. The lowest BCUT2D eigenvalue weighted by Crippen LogP contribution is -1.81. The first-order valence-electron chi connectivity index (χ1n) is 6.20. The molecule has 0 aliphatic carbocycles. The van der Waals surface area contributed by atoms with Gasteiger partial charge in [0, 0.05) is 6.61 Å². The molecule has 2 nitrogen and oxygen atoms in total. The van der Waals surface area contributed by atoms with Gasteiger partial charge in [-0.25, -0.2) is 0 Å². The summed E-state index contributed by atoms with van der Waals surface area (Å²) in [5.41, 5.74) is 1.23. The Hall–Kier alpha value is -1.80. The van der Waals surface area contributed by atoms with Crippen LogP contribution in [0.15, 0.2) is 60.7 Å². The molecule has 0 saturated heterocycles. The van der Waals surface area contributed by atoms with Crippen molar-refractivity contribution in [2.24, 2.45) is 0 Å². The van der Waals surface area contributed by atoms with Gasteiger partial charge in [-0.2, -0.15) is 0 Å². The summed E-state index contributed by atoms with van der Waals surface area (Å²) < 4.78 is 0. The fourth-order valence-corrected chi connectivity index (χ4v) is 1.47. The average Bonchev–Trinajstić information content (AvgIpc) is 2.39. The Morgan fingerprint density at radius 3 is 2.06 bits per heavy atom. The van der Waals surface area contributed by atoms with E-state index < -0.39 is 0 Å². The first kappa shape index (κ1) is 14.3. The molecule has 0 fully saturated rings. The minimum absolute atomic E-state index is 0.201. The number of phenolic OH excluding ortho intramolecular Hbond substituents is 1. The van der Waals surface area contributed by atoms with E-state index in [1.165, 1.54) is 5.56 Å². The van der Waals surface area contributed by atoms with Crippen LogP contribution in [0.1, 0.15) is 18.4 Å². The lowest BCUT2D eigenvalue weighted by Gasteiger charge is -1.97. The molecule has 0 spiro atoms. The van der Waals surface area contributed by atoms with E-state index in [0.717, 1.165) is 12.8 Å². The molecule has 0 aliphatic rings. The van der Waals surface area contributed by atoms with Gasteiger partial charge in [0.05, 0.1) is 0 Å². The van der Waals surface area contributed by atoms with Crippen LogP contribution in [-0.2, 0) is 6.42 Å². The Labute approximate surface area is 109 Å². The Kier molecular flexibility index (Phi) is 7.33. The fourth-order valence-electron chi connectivity index (χ4n) is 1.47. The number of rotatable bonds is 7. The van der Waals surface area contributed by atoms with Crippen LogP contribution in [-0.4, -0.2) is 16.8 Å². The van der Waals surface area contributed by atoms with E-state index in [4.69, 9.17) is 10.2 Å². The largest absolute Gasteiger partial charge is 0.508 e. The second-order valence-electron chi connectivity index (χ2n) is 3.96. The molecule has 0 atom stereocenters. The highest BCUT2D eigenvalue weighted by atomic mass is 16.3. The number of aromatic hydroxyl groups is 1. The van der Waals surface area contributed by atoms with Crippen molar-refractivity contribution in [1.82, 2.24) is 0 Å². The van der Waals surface area contributed by atoms with E-state index in [0.29, 0.717) is 12.2 Å². The third-order valence-corrected chi connectivity index (χ3v) is 2.44. The summed E-state index contributed by atoms with van der Waals surface area (Å²) in [4.78, 5) is 0. The van der Waals surface area contributed by atoms with E-state index in [-0.39, 0.29) is 6.61 Å². The number of aryl methyl sites for hydroxylation is 1. The standard InChI is InChI=1S/C16H20O2/c17-14-8-6-4-2-1-3-5-7-9-15-10-12-16(18)13-11-15/h1-6,10-13,17-18H,7-9,14H2/b2-1+,5-3+,6-4+. The highest BCUT2D eigenvalue weighted by Crippen LogP contribution is 2.11. The zero-order valence-electron chi connectivity index (χ0n) is 10.5. The van der Waals surface area contributed by atoms with E-state index in [1.54, 1.807) is 12.1 Å². The number of phenols is 1. The smallest absolute Gasteiger partial charge is 0.115 e. The van der Waals surface area contributed by atoms with E-state index in [2.05, 4.69) is 6.08 Å². The third kappa shape index (κ3) is 6.71. The van der Waals surface area contributed by atoms with Crippen molar-refractivity contribution < 1.29 is 10.2 Å². The number of aliphatic hydroxyl groups is 1. The molecule has 1 aromatic rings. The number of hydrogen-bond donors (Lipinski definition) is 2. The van der Waals surface area contributed by atoms with Crippen LogP contribution in [0.4, 0.5) is 0 Å². The van der Waals surface area contributed by atoms with Gasteiger partial charge in [0.15, 0.2) is 0 Å². The number of allylic oxidation sites excluding steroid dienone is 5. The quantitative estimate of drug-likeness (QED) is 0.722. The first-order chi connectivity index (χ1) is 8.83. The molecule has 0 aliphatic heterocycles.